The zero-order valence-electron chi connectivity index (χ0n) is 17.1. The van der Waals surface area contributed by atoms with Crippen molar-refractivity contribution < 1.29 is 23.7 Å². The SMILES string of the molecule is C=C1NC(=O)C(C)=CN1[C@H]1CC(OC)[C@@H](COP(O)(=S)N=C2N(C)CCN2C)O1. The molecule has 2 unspecified atom stereocenters. The summed E-state index contributed by atoms with van der Waals surface area (Å²) in [5.74, 6) is 0.868. The quantitative estimate of drug-likeness (QED) is 0.563. The Balaban J connectivity index is 1.65. The van der Waals surface area contributed by atoms with Crippen molar-refractivity contribution in [2.24, 2.45) is 4.76 Å². The van der Waals surface area contributed by atoms with Gasteiger partial charge in [0.1, 0.15) is 18.2 Å². The van der Waals surface area contributed by atoms with Crippen molar-refractivity contribution in [3.8, 4) is 0 Å². The Labute approximate surface area is 176 Å². The van der Waals surface area contributed by atoms with Crippen LogP contribution in [0.1, 0.15) is 13.3 Å². The molecule has 0 saturated carbocycles. The maximum absolute atomic E-state index is 11.7. The number of carbonyl (C=O) groups excluding carboxylic acids is 1. The molecule has 3 aliphatic rings. The predicted octanol–water partition coefficient (Wildman–Crippen LogP) is 0.390. The van der Waals surface area contributed by atoms with Crippen LogP contribution in [0.25, 0.3) is 0 Å². The normalized spacial score (nSPS) is 29.8. The van der Waals surface area contributed by atoms with Gasteiger partial charge in [-0.2, -0.15) is 4.76 Å². The number of amides is 1. The van der Waals surface area contributed by atoms with Gasteiger partial charge in [-0.1, -0.05) is 6.58 Å². The number of hydrogen-bond acceptors (Lipinski definition) is 6. The van der Waals surface area contributed by atoms with E-state index in [1.807, 2.05) is 23.9 Å². The van der Waals surface area contributed by atoms with Gasteiger partial charge in [0.25, 0.3) is 5.91 Å². The smallest absolute Gasteiger partial charge is 0.309 e. The van der Waals surface area contributed by atoms with E-state index in [1.54, 1.807) is 25.1 Å². The Bertz CT molecular complexity index is 778. The largest absolute Gasteiger partial charge is 0.378 e. The molecule has 3 aliphatic heterocycles. The zero-order chi connectivity index (χ0) is 21.3. The molecule has 29 heavy (non-hydrogen) atoms. The second kappa shape index (κ2) is 8.71. The van der Waals surface area contributed by atoms with Crippen molar-refractivity contribution in [1.82, 2.24) is 20.0 Å². The fraction of sp³-hybridized carbons (Fsp3) is 0.647. The van der Waals surface area contributed by atoms with E-state index >= 15 is 0 Å². The molecule has 0 aliphatic carbocycles. The Morgan fingerprint density at radius 2 is 2.10 bits per heavy atom. The van der Waals surface area contributed by atoms with E-state index in [4.69, 9.17) is 25.8 Å². The van der Waals surface area contributed by atoms with E-state index in [1.165, 1.54) is 0 Å². The zero-order valence-corrected chi connectivity index (χ0v) is 18.8. The Kier molecular flexibility index (Phi) is 6.67. The van der Waals surface area contributed by atoms with Crippen molar-refractivity contribution in [1.29, 1.82) is 0 Å². The van der Waals surface area contributed by atoms with Crippen LogP contribution < -0.4 is 5.32 Å². The van der Waals surface area contributed by atoms with E-state index < -0.39 is 12.7 Å². The number of nitrogens with one attached hydrogen (secondary N) is 1. The van der Waals surface area contributed by atoms with Gasteiger partial charge in [0, 0.05) is 52.5 Å². The lowest BCUT2D eigenvalue weighted by molar-refractivity contribution is -0.118. The molecule has 0 aromatic carbocycles. The van der Waals surface area contributed by atoms with Crippen LogP contribution in [-0.2, 0) is 30.6 Å². The summed E-state index contributed by atoms with van der Waals surface area (Å²) in [4.78, 5) is 27.9. The minimum Gasteiger partial charge on any atom is -0.378 e. The van der Waals surface area contributed by atoms with Crippen molar-refractivity contribution in [3.63, 3.8) is 0 Å². The number of ether oxygens (including phenoxy) is 2. The van der Waals surface area contributed by atoms with Crippen LogP contribution in [0.15, 0.2) is 28.9 Å². The summed E-state index contributed by atoms with van der Waals surface area (Å²) < 4.78 is 21.5. The minimum absolute atomic E-state index is 0.0440. The molecule has 3 heterocycles. The monoisotopic (exact) mass is 445 g/mol. The fourth-order valence-electron chi connectivity index (χ4n) is 3.42. The highest BCUT2D eigenvalue weighted by atomic mass is 32.5. The fourth-order valence-corrected chi connectivity index (χ4v) is 4.75. The summed E-state index contributed by atoms with van der Waals surface area (Å²) in [6, 6.07) is 0. The molecule has 0 aromatic rings. The summed E-state index contributed by atoms with van der Waals surface area (Å²) in [7, 11) is 5.38. The van der Waals surface area contributed by atoms with Crippen molar-refractivity contribution in [3.05, 3.63) is 24.2 Å². The molecule has 162 valence electrons. The van der Waals surface area contributed by atoms with Gasteiger partial charge < -0.3 is 38.9 Å². The lowest BCUT2D eigenvalue weighted by Crippen LogP contribution is -2.42. The van der Waals surface area contributed by atoms with Crippen LogP contribution in [0.2, 0.25) is 0 Å². The number of methoxy groups -OCH3 is 1. The summed E-state index contributed by atoms with van der Waals surface area (Å²) in [5, 5.41) is 2.70. The highest BCUT2D eigenvalue weighted by Crippen LogP contribution is 2.46. The highest BCUT2D eigenvalue weighted by Gasteiger charge is 2.40. The third-order valence-electron chi connectivity index (χ3n) is 5.13. The second-order valence-electron chi connectivity index (χ2n) is 7.29. The van der Waals surface area contributed by atoms with E-state index in [2.05, 4.69) is 16.7 Å². The predicted molar refractivity (Wildman–Crippen MR) is 112 cm³/mol. The molecule has 1 amide bonds. The number of guanidine groups is 1. The molecule has 4 atom stereocenters. The average Bonchev–Trinajstić information content (AvgIpc) is 3.21. The van der Waals surface area contributed by atoms with E-state index in [-0.39, 0.29) is 24.8 Å². The molecular formula is C17H28N5O5PS. The molecule has 3 rings (SSSR count). The molecule has 0 bridgehead atoms. The van der Waals surface area contributed by atoms with Gasteiger partial charge in [0.15, 0.2) is 0 Å². The molecule has 12 heteroatoms. The first-order valence-corrected chi connectivity index (χ1v) is 11.9. The van der Waals surface area contributed by atoms with Gasteiger partial charge in [0.2, 0.25) is 5.96 Å². The first-order valence-electron chi connectivity index (χ1n) is 9.26. The summed E-state index contributed by atoms with van der Waals surface area (Å²) in [6.07, 6.45) is 1.15. The van der Waals surface area contributed by atoms with E-state index in [0.29, 0.717) is 23.8 Å². The molecule has 2 fully saturated rings. The molecule has 2 N–H and O–H groups in total. The molecule has 10 nitrogen and oxygen atoms in total. The number of hydrogen-bond donors (Lipinski definition) is 2. The average molecular weight is 445 g/mol. The van der Waals surface area contributed by atoms with Crippen LogP contribution >= 0.6 is 6.64 Å². The number of nitrogens with zero attached hydrogens (tertiary/aromatic N) is 4. The Hall–Kier alpha value is -1.49. The van der Waals surface area contributed by atoms with Crippen LogP contribution in [0.5, 0.6) is 0 Å². The lowest BCUT2D eigenvalue weighted by atomic mass is 10.1. The van der Waals surface area contributed by atoms with E-state index in [0.717, 1.165) is 13.1 Å². The Morgan fingerprint density at radius 3 is 2.72 bits per heavy atom. The number of rotatable bonds is 6. The third-order valence-corrected chi connectivity index (χ3v) is 6.61. The second-order valence-corrected chi connectivity index (χ2v) is 10.2. The van der Waals surface area contributed by atoms with Crippen LogP contribution in [0.4, 0.5) is 0 Å². The van der Waals surface area contributed by atoms with Crippen molar-refractivity contribution >= 4 is 30.3 Å². The number of carbonyl (C=O) groups is 1. The van der Waals surface area contributed by atoms with Gasteiger partial charge in [0.05, 0.1) is 12.7 Å². The molecule has 0 radical (unpaired) electrons. The Morgan fingerprint density at radius 1 is 1.45 bits per heavy atom. The number of likely N-dealkylation sites (N-methyl/N-ethyl adjacent to an activating group) is 2. The van der Waals surface area contributed by atoms with Crippen LogP contribution in [0.3, 0.4) is 0 Å². The van der Waals surface area contributed by atoms with Gasteiger partial charge in [-0.3, -0.25) is 4.79 Å². The third kappa shape index (κ3) is 4.99. The lowest BCUT2D eigenvalue weighted by Gasteiger charge is -2.32. The summed E-state index contributed by atoms with van der Waals surface area (Å²) >= 11 is 5.22. The molecule has 0 aromatic heterocycles. The highest BCUT2D eigenvalue weighted by molar-refractivity contribution is 8.08. The minimum atomic E-state index is -3.39. The van der Waals surface area contributed by atoms with Gasteiger partial charge in [-0.25, -0.2) is 0 Å². The molecular weight excluding hydrogens is 417 g/mol. The topological polar surface area (TPSA) is 99.1 Å². The maximum Gasteiger partial charge on any atom is 0.309 e. The first-order chi connectivity index (χ1) is 13.6. The van der Waals surface area contributed by atoms with Crippen LogP contribution in [0, 0.1) is 0 Å². The van der Waals surface area contributed by atoms with Crippen LogP contribution in [-0.4, -0.2) is 90.8 Å². The standard InChI is InChI=1S/C17H28N5O5PS/c1-11-9-22(12(2)18-16(11)23)15-8-13(25-5)14(27-15)10-26-28(24,29)19-17-20(3)6-7-21(17)4/h9,13-15H,2,6-8,10H2,1,3-5H3,(H,18,23)(H,24,29)/t13?,14-,15-,28?/m1/s1. The van der Waals surface area contributed by atoms with E-state index in [9.17, 15) is 9.69 Å². The maximum atomic E-state index is 11.7. The van der Waals surface area contributed by atoms with Gasteiger partial charge >= 0.3 is 6.64 Å². The van der Waals surface area contributed by atoms with Gasteiger partial charge in [-0.05, 0) is 18.7 Å². The molecule has 0 spiro atoms. The first kappa shape index (κ1) is 22.2. The van der Waals surface area contributed by atoms with Crippen molar-refractivity contribution in [2.45, 2.75) is 31.8 Å². The summed E-state index contributed by atoms with van der Waals surface area (Å²) in [6.45, 7) is 3.88. The summed E-state index contributed by atoms with van der Waals surface area (Å²) in [5.41, 5.74) is 0.557. The molecule has 2 saturated heterocycles. The van der Waals surface area contributed by atoms with Gasteiger partial charge in [-0.15, -0.1) is 0 Å². The van der Waals surface area contributed by atoms with Crippen molar-refractivity contribution in [2.75, 3.05) is 40.9 Å².